The Labute approximate surface area is 178 Å². The highest BCUT2D eigenvalue weighted by Gasteiger charge is 2.25. The van der Waals surface area contributed by atoms with Crippen LogP contribution in [0.4, 0.5) is 16.2 Å². The van der Waals surface area contributed by atoms with Crippen LogP contribution in [0, 0.1) is 6.92 Å². The number of hydrogen-bond donors (Lipinski definition) is 1. The first kappa shape index (κ1) is 21.6. The summed E-state index contributed by atoms with van der Waals surface area (Å²) in [4.78, 5) is 35.2. The van der Waals surface area contributed by atoms with Gasteiger partial charge in [-0.3, -0.25) is 9.78 Å². The average Bonchev–Trinajstić information content (AvgIpc) is 2.74. The lowest BCUT2D eigenvalue weighted by Crippen LogP contribution is -2.42. The number of carbonyl (C=O) groups excluding carboxylic acids is 2. The summed E-state index contributed by atoms with van der Waals surface area (Å²) in [6, 6.07) is 6.08. The third kappa shape index (κ3) is 4.40. The standard InChI is InChI=1S/C23H31N5O2/c1-6-27(7-2)18-8-9-21(16(3)12-18)25-22(29)20-14-24-13-17-15-28(11-10-19(17)20)23(30)26(4)5/h8-9,12-14H,6-7,10-11,15H2,1-5H3,(H,25,29). The van der Waals surface area contributed by atoms with Gasteiger partial charge in [-0.1, -0.05) is 0 Å². The van der Waals surface area contributed by atoms with E-state index in [1.165, 1.54) is 0 Å². The van der Waals surface area contributed by atoms with Gasteiger partial charge in [0.1, 0.15) is 0 Å². The molecule has 0 aliphatic carbocycles. The van der Waals surface area contributed by atoms with E-state index >= 15 is 0 Å². The molecule has 1 N–H and O–H groups in total. The number of anilines is 2. The Morgan fingerprint density at radius 1 is 1.17 bits per heavy atom. The summed E-state index contributed by atoms with van der Waals surface area (Å²) in [6.07, 6.45) is 4.02. The maximum Gasteiger partial charge on any atom is 0.319 e. The minimum absolute atomic E-state index is 0.0283. The molecule has 3 rings (SSSR count). The highest BCUT2D eigenvalue weighted by atomic mass is 16.2. The van der Waals surface area contributed by atoms with Gasteiger partial charge >= 0.3 is 6.03 Å². The lowest BCUT2D eigenvalue weighted by atomic mass is 9.96. The van der Waals surface area contributed by atoms with Gasteiger partial charge in [-0.15, -0.1) is 0 Å². The minimum Gasteiger partial charge on any atom is -0.372 e. The Bertz CT molecular complexity index is 937. The Morgan fingerprint density at radius 3 is 2.53 bits per heavy atom. The van der Waals surface area contributed by atoms with Crippen molar-refractivity contribution in [2.45, 2.75) is 33.7 Å². The van der Waals surface area contributed by atoms with E-state index in [4.69, 9.17) is 0 Å². The van der Waals surface area contributed by atoms with E-state index in [-0.39, 0.29) is 11.9 Å². The quantitative estimate of drug-likeness (QED) is 0.820. The van der Waals surface area contributed by atoms with E-state index in [0.29, 0.717) is 25.1 Å². The number of fused-ring (bicyclic) bond motifs is 1. The predicted molar refractivity (Wildman–Crippen MR) is 120 cm³/mol. The van der Waals surface area contributed by atoms with Gasteiger partial charge in [-0.25, -0.2) is 4.79 Å². The summed E-state index contributed by atoms with van der Waals surface area (Å²) in [5.41, 5.74) is 5.46. The van der Waals surface area contributed by atoms with E-state index < -0.39 is 0 Å². The van der Waals surface area contributed by atoms with Crippen LogP contribution in [0.25, 0.3) is 0 Å². The van der Waals surface area contributed by atoms with E-state index in [2.05, 4.69) is 35.1 Å². The highest BCUT2D eigenvalue weighted by Crippen LogP contribution is 2.26. The van der Waals surface area contributed by atoms with Gasteiger partial charge < -0.3 is 20.0 Å². The average molecular weight is 410 g/mol. The second-order valence-electron chi connectivity index (χ2n) is 7.80. The molecule has 7 heteroatoms. The van der Waals surface area contributed by atoms with Gasteiger partial charge in [-0.05, 0) is 62.1 Å². The number of rotatable bonds is 5. The second-order valence-corrected chi connectivity index (χ2v) is 7.80. The molecule has 0 bridgehead atoms. The first-order valence-electron chi connectivity index (χ1n) is 10.4. The lowest BCUT2D eigenvalue weighted by Gasteiger charge is -2.31. The predicted octanol–water partition coefficient (Wildman–Crippen LogP) is 3.53. The molecule has 0 unspecified atom stereocenters. The fourth-order valence-electron chi connectivity index (χ4n) is 3.90. The number of nitrogens with one attached hydrogen (secondary N) is 1. The number of aromatic nitrogens is 1. The Morgan fingerprint density at radius 2 is 1.90 bits per heavy atom. The van der Waals surface area contributed by atoms with Gasteiger partial charge in [0.2, 0.25) is 0 Å². The monoisotopic (exact) mass is 409 g/mol. The van der Waals surface area contributed by atoms with Crippen molar-refractivity contribution in [1.82, 2.24) is 14.8 Å². The number of pyridine rings is 1. The van der Waals surface area contributed by atoms with E-state index in [0.717, 1.165) is 41.2 Å². The van der Waals surface area contributed by atoms with Crippen LogP contribution in [0.3, 0.4) is 0 Å². The summed E-state index contributed by atoms with van der Waals surface area (Å²) in [5, 5.41) is 3.04. The highest BCUT2D eigenvalue weighted by molar-refractivity contribution is 6.05. The molecule has 3 amide bonds. The molecule has 7 nitrogen and oxygen atoms in total. The van der Waals surface area contributed by atoms with Crippen molar-refractivity contribution in [3.05, 3.63) is 52.8 Å². The molecule has 0 saturated carbocycles. The molecule has 2 heterocycles. The zero-order valence-electron chi connectivity index (χ0n) is 18.5. The van der Waals surface area contributed by atoms with Gasteiger partial charge in [-0.2, -0.15) is 0 Å². The molecule has 1 aliphatic heterocycles. The fraction of sp³-hybridized carbons (Fsp3) is 0.435. The second kappa shape index (κ2) is 9.15. The summed E-state index contributed by atoms with van der Waals surface area (Å²) in [6.45, 7) is 9.21. The normalized spacial score (nSPS) is 12.9. The Hall–Kier alpha value is -3.09. The topological polar surface area (TPSA) is 68.8 Å². The van der Waals surface area contributed by atoms with Crippen LogP contribution in [0.2, 0.25) is 0 Å². The summed E-state index contributed by atoms with van der Waals surface area (Å²) < 4.78 is 0. The molecule has 30 heavy (non-hydrogen) atoms. The van der Waals surface area contributed by atoms with Gasteiger partial charge in [0, 0.05) is 64.0 Å². The molecule has 0 fully saturated rings. The number of aryl methyl sites for hydroxylation is 1. The van der Waals surface area contributed by atoms with Crippen molar-refractivity contribution in [2.24, 2.45) is 0 Å². The van der Waals surface area contributed by atoms with Gasteiger partial charge in [0.15, 0.2) is 0 Å². The SMILES string of the molecule is CCN(CC)c1ccc(NC(=O)c2cncc3c2CCN(C(=O)N(C)C)C3)c(C)c1. The van der Waals surface area contributed by atoms with Crippen molar-refractivity contribution in [1.29, 1.82) is 0 Å². The maximum atomic E-state index is 13.0. The summed E-state index contributed by atoms with van der Waals surface area (Å²) >= 11 is 0. The van der Waals surface area contributed by atoms with Crippen molar-refractivity contribution in [2.75, 3.05) is 43.9 Å². The zero-order chi connectivity index (χ0) is 21.8. The molecular formula is C23H31N5O2. The van der Waals surface area contributed by atoms with Crippen LogP contribution in [0.1, 0.15) is 40.9 Å². The van der Waals surface area contributed by atoms with Crippen molar-refractivity contribution in [3.8, 4) is 0 Å². The van der Waals surface area contributed by atoms with Crippen LogP contribution in [-0.2, 0) is 13.0 Å². The minimum atomic E-state index is -0.162. The van der Waals surface area contributed by atoms with Gasteiger partial charge in [0.25, 0.3) is 5.91 Å². The molecule has 1 aromatic carbocycles. The smallest absolute Gasteiger partial charge is 0.319 e. The molecule has 1 aromatic heterocycles. The lowest BCUT2D eigenvalue weighted by molar-refractivity contribution is 0.102. The summed E-state index contributed by atoms with van der Waals surface area (Å²) in [5.74, 6) is -0.162. The molecular weight excluding hydrogens is 378 g/mol. The van der Waals surface area contributed by atoms with Crippen LogP contribution in [0.15, 0.2) is 30.6 Å². The molecule has 0 radical (unpaired) electrons. The first-order valence-corrected chi connectivity index (χ1v) is 10.4. The number of amides is 3. The number of nitrogens with zero attached hydrogens (tertiary/aromatic N) is 4. The van der Waals surface area contributed by atoms with Crippen LogP contribution >= 0.6 is 0 Å². The van der Waals surface area contributed by atoms with Crippen molar-refractivity contribution in [3.63, 3.8) is 0 Å². The first-order chi connectivity index (χ1) is 14.3. The Kier molecular flexibility index (Phi) is 6.59. The molecule has 1 aliphatic rings. The third-order valence-electron chi connectivity index (χ3n) is 5.62. The number of benzene rings is 1. The van der Waals surface area contributed by atoms with E-state index in [1.807, 2.05) is 19.1 Å². The van der Waals surface area contributed by atoms with Crippen molar-refractivity contribution < 1.29 is 9.59 Å². The van der Waals surface area contributed by atoms with Gasteiger partial charge in [0.05, 0.1) is 5.56 Å². The molecule has 0 atom stereocenters. The van der Waals surface area contributed by atoms with E-state index in [9.17, 15) is 9.59 Å². The molecule has 0 spiro atoms. The van der Waals surface area contributed by atoms with E-state index in [1.54, 1.807) is 36.3 Å². The molecule has 160 valence electrons. The molecule has 0 saturated heterocycles. The van der Waals surface area contributed by atoms with Crippen molar-refractivity contribution >= 4 is 23.3 Å². The van der Waals surface area contributed by atoms with Crippen LogP contribution < -0.4 is 10.2 Å². The summed E-state index contributed by atoms with van der Waals surface area (Å²) in [7, 11) is 3.49. The zero-order valence-corrected chi connectivity index (χ0v) is 18.5. The number of hydrogen-bond acceptors (Lipinski definition) is 4. The maximum absolute atomic E-state index is 13.0. The number of urea groups is 1. The third-order valence-corrected chi connectivity index (χ3v) is 5.62. The fourth-order valence-corrected chi connectivity index (χ4v) is 3.90. The molecule has 2 aromatic rings. The van der Waals surface area contributed by atoms with Crippen LogP contribution in [-0.4, -0.2) is 60.5 Å². The van der Waals surface area contributed by atoms with Crippen LogP contribution in [0.5, 0.6) is 0 Å². The Balaban J connectivity index is 1.79. The number of carbonyl (C=O) groups is 2. The largest absolute Gasteiger partial charge is 0.372 e.